The second-order valence-electron chi connectivity index (χ2n) is 5.25. The molecule has 0 aliphatic heterocycles. The van der Waals surface area contributed by atoms with E-state index in [9.17, 15) is 9.18 Å². The minimum absolute atomic E-state index is 0.0473. The summed E-state index contributed by atoms with van der Waals surface area (Å²) in [5.74, 6) is 0.418. The Morgan fingerprint density at radius 2 is 2.00 bits per heavy atom. The first-order valence-electron chi connectivity index (χ1n) is 7.48. The highest BCUT2D eigenvalue weighted by Crippen LogP contribution is 2.18. The zero-order valence-corrected chi connectivity index (χ0v) is 14.1. The molecule has 0 amide bonds. The molecule has 1 N–H and O–H groups in total. The van der Waals surface area contributed by atoms with Crippen LogP contribution in [-0.4, -0.2) is 16.7 Å². The van der Waals surface area contributed by atoms with Crippen LogP contribution in [0, 0.1) is 5.82 Å². The summed E-state index contributed by atoms with van der Waals surface area (Å²) in [7, 11) is 1.60. The molecule has 0 aliphatic carbocycles. The highest BCUT2D eigenvalue weighted by atomic mass is 35.5. The molecule has 3 rings (SSSR count). The van der Waals surface area contributed by atoms with Gasteiger partial charge in [-0.15, -0.1) is 0 Å². The van der Waals surface area contributed by atoms with Crippen molar-refractivity contribution >= 4 is 17.4 Å². The van der Waals surface area contributed by atoms with Crippen LogP contribution in [0.15, 0.2) is 59.7 Å². The summed E-state index contributed by atoms with van der Waals surface area (Å²) in [6.45, 7) is 0.431. The quantitative estimate of drug-likeness (QED) is 0.755. The number of hydrogen-bond acceptors (Lipinski definition) is 4. The average Bonchev–Trinajstić information content (AvgIpc) is 2.64. The van der Waals surface area contributed by atoms with Gasteiger partial charge in [-0.05, 0) is 35.9 Å². The fourth-order valence-electron chi connectivity index (χ4n) is 2.30. The molecule has 1 aromatic heterocycles. The zero-order chi connectivity index (χ0) is 17.8. The summed E-state index contributed by atoms with van der Waals surface area (Å²) in [6, 6.07) is 11.6. The highest BCUT2D eigenvalue weighted by molar-refractivity contribution is 6.30. The molecule has 25 heavy (non-hydrogen) atoms. The van der Waals surface area contributed by atoms with Gasteiger partial charge in [0, 0.05) is 18.9 Å². The lowest BCUT2D eigenvalue weighted by atomic mass is 10.2. The first kappa shape index (κ1) is 17.0. The van der Waals surface area contributed by atoms with Crippen molar-refractivity contribution in [3.8, 4) is 11.4 Å². The number of halogens is 2. The van der Waals surface area contributed by atoms with Crippen molar-refractivity contribution in [2.45, 2.75) is 6.54 Å². The van der Waals surface area contributed by atoms with Crippen LogP contribution in [0.5, 0.6) is 5.75 Å². The Hall–Kier alpha value is -2.86. The molecule has 1 heterocycles. The van der Waals surface area contributed by atoms with Gasteiger partial charge < -0.3 is 10.1 Å². The van der Waals surface area contributed by atoms with Gasteiger partial charge in [0.2, 0.25) is 0 Å². The monoisotopic (exact) mass is 359 g/mol. The Labute approximate surface area is 148 Å². The van der Waals surface area contributed by atoms with Gasteiger partial charge in [-0.2, -0.15) is 0 Å². The van der Waals surface area contributed by atoms with E-state index in [0.29, 0.717) is 12.2 Å². The summed E-state index contributed by atoms with van der Waals surface area (Å²) < 4.78 is 19.8. The van der Waals surface area contributed by atoms with Crippen LogP contribution < -0.4 is 15.6 Å². The summed E-state index contributed by atoms with van der Waals surface area (Å²) in [4.78, 5) is 16.6. The maximum Gasteiger partial charge on any atom is 0.297 e. The van der Waals surface area contributed by atoms with Crippen molar-refractivity contribution in [3.05, 3.63) is 81.6 Å². The molecular formula is C18H15ClFN3O2. The molecule has 0 aliphatic rings. The number of ether oxygens (including phenoxy) is 1. The van der Waals surface area contributed by atoms with E-state index in [2.05, 4.69) is 10.3 Å². The number of methoxy groups -OCH3 is 1. The summed E-state index contributed by atoms with van der Waals surface area (Å²) >= 11 is 5.79. The standard InChI is InChI=1S/C18H15ClFN3O2/c1-25-14-5-2-12(3-6-14)11-22-17-18(24)23(9-8-21-17)13-4-7-16(20)15(19)10-13/h2-10H,11H2,1H3,(H,21,22). The molecule has 0 saturated heterocycles. The van der Waals surface area contributed by atoms with Crippen molar-refractivity contribution < 1.29 is 9.13 Å². The van der Waals surface area contributed by atoms with Crippen LogP contribution in [0.4, 0.5) is 10.2 Å². The number of nitrogens with one attached hydrogen (secondary N) is 1. The predicted molar refractivity (Wildman–Crippen MR) is 95.1 cm³/mol. The molecule has 0 atom stereocenters. The first-order chi connectivity index (χ1) is 12.1. The fraction of sp³-hybridized carbons (Fsp3) is 0.111. The molecule has 0 bridgehead atoms. The third kappa shape index (κ3) is 3.80. The first-order valence-corrected chi connectivity index (χ1v) is 7.86. The van der Waals surface area contributed by atoms with Gasteiger partial charge in [-0.25, -0.2) is 9.37 Å². The lowest BCUT2D eigenvalue weighted by Gasteiger charge is -2.10. The van der Waals surface area contributed by atoms with Gasteiger partial charge in [-0.1, -0.05) is 23.7 Å². The van der Waals surface area contributed by atoms with Crippen LogP contribution in [0.2, 0.25) is 5.02 Å². The van der Waals surface area contributed by atoms with Crippen molar-refractivity contribution in [1.29, 1.82) is 0 Å². The van der Waals surface area contributed by atoms with Crippen molar-refractivity contribution in [3.63, 3.8) is 0 Å². The van der Waals surface area contributed by atoms with E-state index in [1.165, 1.54) is 35.2 Å². The fourth-order valence-corrected chi connectivity index (χ4v) is 2.47. The lowest BCUT2D eigenvalue weighted by Crippen LogP contribution is -2.23. The molecule has 128 valence electrons. The molecule has 2 aromatic carbocycles. The number of hydrogen-bond donors (Lipinski definition) is 1. The zero-order valence-electron chi connectivity index (χ0n) is 13.4. The highest BCUT2D eigenvalue weighted by Gasteiger charge is 2.08. The van der Waals surface area contributed by atoms with E-state index >= 15 is 0 Å². The lowest BCUT2D eigenvalue weighted by molar-refractivity contribution is 0.414. The largest absolute Gasteiger partial charge is 0.497 e. The van der Waals surface area contributed by atoms with Crippen molar-refractivity contribution in [1.82, 2.24) is 9.55 Å². The molecule has 3 aromatic rings. The van der Waals surface area contributed by atoms with E-state index in [1.54, 1.807) is 7.11 Å². The number of rotatable bonds is 5. The summed E-state index contributed by atoms with van der Waals surface area (Å²) in [5.41, 5.74) is 1.09. The summed E-state index contributed by atoms with van der Waals surface area (Å²) in [5, 5.41) is 2.96. The van der Waals surface area contributed by atoms with Gasteiger partial charge in [0.1, 0.15) is 11.6 Å². The van der Waals surface area contributed by atoms with E-state index in [4.69, 9.17) is 16.3 Å². The van der Waals surface area contributed by atoms with Gasteiger partial charge in [0.25, 0.3) is 5.56 Å². The Balaban J connectivity index is 1.83. The molecule has 0 fully saturated rings. The number of nitrogens with zero attached hydrogens (tertiary/aromatic N) is 2. The maximum absolute atomic E-state index is 13.3. The van der Waals surface area contributed by atoms with Crippen LogP contribution in [-0.2, 0) is 6.54 Å². The van der Waals surface area contributed by atoms with Crippen LogP contribution >= 0.6 is 11.6 Å². The molecule has 5 nitrogen and oxygen atoms in total. The van der Waals surface area contributed by atoms with Crippen molar-refractivity contribution in [2.75, 3.05) is 12.4 Å². The van der Waals surface area contributed by atoms with E-state index in [1.807, 2.05) is 24.3 Å². The third-order valence-electron chi connectivity index (χ3n) is 3.64. The molecular weight excluding hydrogens is 345 g/mol. The maximum atomic E-state index is 13.3. The average molecular weight is 360 g/mol. The van der Waals surface area contributed by atoms with E-state index in [-0.39, 0.29) is 16.4 Å². The Bertz CT molecular complexity index is 942. The van der Waals surface area contributed by atoms with Gasteiger partial charge >= 0.3 is 0 Å². The van der Waals surface area contributed by atoms with Gasteiger partial charge in [0.15, 0.2) is 5.82 Å². The predicted octanol–water partition coefficient (Wildman–Crippen LogP) is 3.65. The number of anilines is 1. The topological polar surface area (TPSA) is 56.1 Å². The SMILES string of the molecule is COc1ccc(CNc2nccn(-c3ccc(F)c(Cl)c3)c2=O)cc1. The van der Waals surface area contributed by atoms with Crippen LogP contribution in [0.1, 0.15) is 5.56 Å². The summed E-state index contributed by atoms with van der Waals surface area (Å²) in [6.07, 6.45) is 3.00. The Morgan fingerprint density at radius 1 is 1.24 bits per heavy atom. The smallest absolute Gasteiger partial charge is 0.297 e. The normalized spacial score (nSPS) is 10.5. The number of aromatic nitrogens is 2. The Kier molecular flexibility index (Phi) is 5.00. The molecule has 7 heteroatoms. The van der Waals surface area contributed by atoms with Crippen LogP contribution in [0.3, 0.4) is 0 Å². The number of benzene rings is 2. The minimum Gasteiger partial charge on any atom is -0.497 e. The van der Waals surface area contributed by atoms with Crippen molar-refractivity contribution in [2.24, 2.45) is 0 Å². The minimum atomic E-state index is -0.537. The van der Waals surface area contributed by atoms with Gasteiger partial charge in [0.05, 0.1) is 17.8 Å². The second-order valence-corrected chi connectivity index (χ2v) is 5.66. The van der Waals surface area contributed by atoms with Gasteiger partial charge in [-0.3, -0.25) is 9.36 Å². The molecule has 0 unspecified atom stereocenters. The second kappa shape index (κ2) is 7.36. The van der Waals surface area contributed by atoms with E-state index in [0.717, 1.165) is 11.3 Å². The molecule has 0 spiro atoms. The van der Waals surface area contributed by atoms with E-state index < -0.39 is 5.82 Å². The van der Waals surface area contributed by atoms with Crippen LogP contribution in [0.25, 0.3) is 5.69 Å². The Morgan fingerprint density at radius 3 is 2.68 bits per heavy atom. The molecule has 0 saturated carbocycles. The third-order valence-corrected chi connectivity index (χ3v) is 3.93. The molecule has 0 radical (unpaired) electrons.